The Morgan fingerprint density at radius 1 is 1.03 bits per heavy atom. The van der Waals surface area contributed by atoms with Crippen LogP contribution in [0, 0.1) is 0 Å². The van der Waals surface area contributed by atoms with Gasteiger partial charge < -0.3 is 35.2 Å². The van der Waals surface area contributed by atoms with Crippen molar-refractivity contribution in [3.63, 3.8) is 0 Å². The lowest BCUT2D eigenvalue weighted by Crippen LogP contribution is -3.00. The zero-order valence-corrected chi connectivity index (χ0v) is 17.4. The summed E-state index contributed by atoms with van der Waals surface area (Å²) in [4.78, 5) is 13.7. The van der Waals surface area contributed by atoms with Crippen LogP contribution in [0.4, 0.5) is 0 Å². The van der Waals surface area contributed by atoms with E-state index in [4.69, 9.17) is 18.3 Å². The molecule has 2 aromatic heterocycles. The highest BCUT2D eigenvalue weighted by Crippen LogP contribution is 2.44. The van der Waals surface area contributed by atoms with Crippen molar-refractivity contribution < 1.29 is 35.2 Å². The van der Waals surface area contributed by atoms with Crippen molar-refractivity contribution in [1.29, 1.82) is 0 Å². The van der Waals surface area contributed by atoms with Crippen LogP contribution in [0.15, 0.2) is 32.5 Å². The summed E-state index contributed by atoms with van der Waals surface area (Å²) in [5, 5.41) is 1.12. The van der Waals surface area contributed by atoms with Gasteiger partial charge in [-0.05, 0) is 25.3 Å². The summed E-state index contributed by atoms with van der Waals surface area (Å²) in [6.07, 6.45) is 5.20. The van der Waals surface area contributed by atoms with Gasteiger partial charge in [0.2, 0.25) is 11.2 Å². The number of quaternary nitrogens is 1. The van der Waals surface area contributed by atoms with Crippen molar-refractivity contribution in [3.05, 3.63) is 40.5 Å². The van der Waals surface area contributed by atoms with Crippen LogP contribution >= 0.6 is 0 Å². The number of hydrogen-bond acceptors (Lipinski definition) is 5. The van der Waals surface area contributed by atoms with Gasteiger partial charge in [0.25, 0.3) is 0 Å². The summed E-state index contributed by atoms with van der Waals surface area (Å²) in [7, 11) is 3.11. The number of nitrogens with zero attached hydrogens (tertiary/aromatic N) is 1. The van der Waals surface area contributed by atoms with E-state index in [-0.39, 0.29) is 17.8 Å². The minimum atomic E-state index is -0.0570. The first-order chi connectivity index (χ1) is 13.6. The molecule has 1 aromatic carbocycles. The monoisotopic (exact) mass is 417 g/mol. The van der Waals surface area contributed by atoms with E-state index in [1.54, 1.807) is 26.5 Å². The summed E-state index contributed by atoms with van der Waals surface area (Å²) >= 11 is 0. The molecule has 6 nitrogen and oxygen atoms in total. The van der Waals surface area contributed by atoms with Crippen LogP contribution < -0.4 is 27.3 Å². The molecular formula is C22H24ClNO5. The van der Waals surface area contributed by atoms with E-state index in [1.807, 2.05) is 0 Å². The minimum Gasteiger partial charge on any atom is -1.00 e. The lowest BCUT2D eigenvalue weighted by atomic mass is 9.94. The molecule has 1 saturated heterocycles. The minimum absolute atomic E-state index is 0. The molecule has 1 spiro atoms. The van der Waals surface area contributed by atoms with Crippen molar-refractivity contribution in [3.8, 4) is 11.5 Å². The molecule has 0 unspecified atom stereocenters. The van der Waals surface area contributed by atoms with E-state index < -0.39 is 0 Å². The number of ether oxygens (including phenoxy) is 2. The van der Waals surface area contributed by atoms with Gasteiger partial charge in [-0.2, -0.15) is 0 Å². The fourth-order valence-corrected chi connectivity index (χ4v) is 5.03. The van der Waals surface area contributed by atoms with Gasteiger partial charge in [-0.3, -0.25) is 4.79 Å². The fourth-order valence-electron chi connectivity index (χ4n) is 5.03. The first kappa shape index (κ1) is 19.9. The molecule has 0 aliphatic carbocycles. The van der Waals surface area contributed by atoms with Crippen LogP contribution in [0.1, 0.15) is 30.6 Å². The number of furan rings is 1. The second-order valence-corrected chi connectivity index (χ2v) is 7.94. The molecule has 29 heavy (non-hydrogen) atoms. The maximum absolute atomic E-state index is 13.7. The summed E-state index contributed by atoms with van der Waals surface area (Å²) in [5.41, 5.74) is 2.39. The van der Waals surface area contributed by atoms with Crippen LogP contribution in [-0.4, -0.2) is 38.3 Å². The molecule has 2 aliphatic rings. The van der Waals surface area contributed by atoms with Gasteiger partial charge in [-0.25, -0.2) is 0 Å². The number of piperidine rings is 1. The highest BCUT2D eigenvalue weighted by atomic mass is 35.5. The van der Waals surface area contributed by atoms with Crippen molar-refractivity contribution in [2.45, 2.75) is 25.8 Å². The van der Waals surface area contributed by atoms with Crippen molar-refractivity contribution in [1.82, 2.24) is 0 Å². The Balaban J connectivity index is 0.00000205. The predicted octanol–water partition coefficient (Wildman–Crippen LogP) is 1.09. The third kappa shape index (κ3) is 2.77. The predicted molar refractivity (Wildman–Crippen MR) is 107 cm³/mol. The zero-order valence-electron chi connectivity index (χ0n) is 16.7. The van der Waals surface area contributed by atoms with E-state index in [9.17, 15) is 4.79 Å². The lowest BCUT2D eigenvalue weighted by Gasteiger charge is -2.44. The second kappa shape index (κ2) is 7.11. The quantitative estimate of drug-likeness (QED) is 0.584. The molecule has 3 aromatic rings. The molecule has 0 N–H and O–H groups in total. The topological polar surface area (TPSA) is 61.8 Å². The third-order valence-electron chi connectivity index (χ3n) is 6.27. The van der Waals surface area contributed by atoms with Crippen LogP contribution in [0.25, 0.3) is 27.5 Å². The van der Waals surface area contributed by atoms with Gasteiger partial charge in [-0.1, -0.05) is 6.58 Å². The SMILES string of the molecule is C=C1C[N+]2(CCCCC2)Cc2c1oc1c(OC)c3occc3c(OC)c1c2=O.[Cl-]. The highest BCUT2D eigenvalue weighted by molar-refractivity contribution is 6.07. The molecular weight excluding hydrogens is 394 g/mol. The van der Waals surface area contributed by atoms with E-state index in [2.05, 4.69) is 6.58 Å². The largest absolute Gasteiger partial charge is 1.00 e. The number of methoxy groups -OCH3 is 2. The Morgan fingerprint density at radius 3 is 2.45 bits per heavy atom. The highest BCUT2D eigenvalue weighted by Gasteiger charge is 2.40. The third-order valence-corrected chi connectivity index (χ3v) is 6.27. The van der Waals surface area contributed by atoms with Gasteiger partial charge >= 0.3 is 0 Å². The van der Waals surface area contributed by atoms with E-state index in [0.717, 1.165) is 29.7 Å². The number of rotatable bonds is 2. The first-order valence-corrected chi connectivity index (χ1v) is 9.72. The van der Waals surface area contributed by atoms with Crippen molar-refractivity contribution in [2.24, 2.45) is 0 Å². The molecule has 154 valence electrons. The molecule has 7 heteroatoms. The van der Waals surface area contributed by atoms with Crippen LogP contribution in [0.5, 0.6) is 11.5 Å². The molecule has 0 saturated carbocycles. The molecule has 0 bridgehead atoms. The number of hydrogen-bond donors (Lipinski definition) is 0. The zero-order chi connectivity index (χ0) is 19.5. The van der Waals surface area contributed by atoms with Crippen LogP contribution in [0.2, 0.25) is 0 Å². The average molecular weight is 418 g/mol. The van der Waals surface area contributed by atoms with Gasteiger partial charge in [0.1, 0.15) is 30.0 Å². The molecule has 4 heterocycles. The molecule has 5 rings (SSSR count). The Hall–Kier alpha value is -2.44. The second-order valence-electron chi connectivity index (χ2n) is 7.94. The summed E-state index contributed by atoms with van der Waals surface area (Å²) in [6, 6.07) is 1.78. The normalized spacial score (nSPS) is 17.9. The van der Waals surface area contributed by atoms with Gasteiger partial charge in [0.15, 0.2) is 11.2 Å². The molecule has 1 fully saturated rings. The smallest absolute Gasteiger partial charge is 0.206 e. The maximum atomic E-state index is 13.7. The van der Waals surface area contributed by atoms with Crippen LogP contribution in [0.3, 0.4) is 0 Å². The lowest BCUT2D eigenvalue weighted by molar-refractivity contribution is -0.939. The molecule has 0 atom stereocenters. The summed E-state index contributed by atoms with van der Waals surface area (Å²) in [5.74, 6) is 1.48. The molecule has 2 aliphatic heterocycles. The van der Waals surface area contributed by atoms with Crippen molar-refractivity contribution >= 4 is 27.5 Å². The van der Waals surface area contributed by atoms with Gasteiger partial charge in [0.05, 0.1) is 44.5 Å². The number of halogens is 1. The number of fused-ring (bicyclic) bond motifs is 3. The van der Waals surface area contributed by atoms with Crippen molar-refractivity contribution in [2.75, 3.05) is 33.9 Å². The Labute approximate surface area is 174 Å². The van der Waals surface area contributed by atoms with E-state index in [1.165, 1.54) is 19.3 Å². The van der Waals surface area contributed by atoms with Gasteiger partial charge in [-0.15, -0.1) is 0 Å². The Bertz CT molecular complexity index is 1170. The van der Waals surface area contributed by atoms with E-state index in [0.29, 0.717) is 51.3 Å². The fraction of sp³-hybridized carbons (Fsp3) is 0.409. The van der Waals surface area contributed by atoms with Crippen LogP contribution in [-0.2, 0) is 6.54 Å². The first-order valence-electron chi connectivity index (χ1n) is 9.72. The maximum Gasteiger partial charge on any atom is 0.206 e. The molecule has 0 radical (unpaired) electrons. The Kier molecular flexibility index (Phi) is 4.87. The molecule has 0 amide bonds. The summed E-state index contributed by atoms with van der Waals surface area (Å²) in [6.45, 7) is 7.93. The number of benzene rings is 1. The Morgan fingerprint density at radius 2 is 1.76 bits per heavy atom. The van der Waals surface area contributed by atoms with E-state index >= 15 is 0 Å². The summed E-state index contributed by atoms with van der Waals surface area (Å²) < 4.78 is 24.0. The average Bonchev–Trinajstić information content (AvgIpc) is 3.17. The standard InChI is InChI=1S/C22H24NO5.ClH/c1-13-11-23(8-5-4-6-9-23)12-15-17(24)16-19(25-2)14-7-10-27-20(14)22(26-3)21(16)28-18(13)15;/h7,10H,1,4-6,8-9,11-12H2,2-3H3;1H/q+1;/p-1. The van der Waals surface area contributed by atoms with Gasteiger partial charge in [0, 0.05) is 5.57 Å².